The van der Waals surface area contributed by atoms with Crippen molar-refractivity contribution < 1.29 is 19.1 Å². The summed E-state index contributed by atoms with van der Waals surface area (Å²) in [6.07, 6.45) is 0.690. The Balaban J connectivity index is 1.69. The van der Waals surface area contributed by atoms with Crippen LogP contribution < -0.4 is 25.4 Å². The minimum absolute atomic E-state index is 0.116. The van der Waals surface area contributed by atoms with E-state index in [1.807, 2.05) is 44.2 Å². The number of aromatic nitrogens is 2. The number of carbonyl (C=O) groups excluding carboxylic acids is 2. The van der Waals surface area contributed by atoms with Gasteiger partial charge in [-0.25, -0.2) is 4.79 Å². The molecule has 1 aromatic heterocycles. The number of ether oxygens (including phenoxy) is 2. The Labute approximate surface area is 196 Å². The first-order chi connectivity index (χ1) is 15.9. The summed E-state index contributed by atoms with van der Waals surface area (Å²) in [5.74, 6) is 0.560. The van der Waals surface area contributed by atoms with Gasteiger partial charge in [-0.3, -0.25) is 10.1 Å². The summed E-state index contributed by atoms with van der Waals surface area (Å²) in [5.41, 5.74) is 1.37. The van der Waals surface area contributed by atoms with Crippen LogP contribution in [0.4, 0.5) is 15.6 Å². The molecular formula is C23H27N5O4S. The minimum atomic E-state index is -0.775. The molecule has 0 aliphatic carbocycles. The molecule has 33 heavy (non-hydrogen) atoms. The van der Waals surface area contributed by atoms with Gasteiger partial charge in [0.2, 0.25) is 11.0 Å². The van der Waals surface area contributed by atoms with Crippen LogP contribution in [-0.4, -0.2) is 42.4 Å². The predicted octanol–water partition coefficient (Wildman–Crippen LogP) is 4.40. The molecule has 2 unspecified atom stereocenters. The van der Waals surface area contributed by atoms with E-state index in [2.05, 4.69) is 26.1 Å². The fraction of sp³-hybridized carbons (Fsp3) is 0.304. The number of nitrogens with zero attached hydrogens (tertiary/aromatic N) is 2. The molecule has 1 heterocycles. The van der Waals surface area contributed by atoms with Crippen molar-refractivity contribution in [3.05, 3.63) is 48.5 Å². The van der Waals surface area contributed by atoms with E-state index in [9.17, 15) is 9.59 Å². The summed E-state index contributed by atoms with van der Waals surface area (Å²) in [5, 5.41) is 17.5. The van der Waals surface area contributed by atoms with Crippen molar-refractivity contribution >= 4 is 34.1 Å². The first kappa shape index (κ1) is 24.0. The van der Waals surface area contributed by atoms with Crippen molar-refractivity contribution in [2.24, 2.45) is 5.92 Å². The van der Waals surface area contributed by atoms with Gasteiger partial charge in [0, 0.05) is 11.6 Å². The quantitative estimate of drug-likeness (QED) is 0.428. The van der Waals surface area contributed by atoms with Crippen LogP contribution in [0.25, 0.3) is 10.6 Å². The van der Waals surface area contributed by atoms with Crippen LogP contribution in [0.5, 0.6) is 11.5 Å². The van der Waals surface area contributed by atoms with E-state index in [0.29, 0.717) is 33.7 Å². The van der Waals surface area contributed by atoms with E-state index in [1.54, 1.807) is 25.3 Å². The third-order valence-corrected chi connectivity index (χ3v) is 6.00. The number of urea groups is 1. The molecule has 0 bridgehead atoms. The molecule has 0 fully saturated rings. The normalized spacial score (nSPS) is 12.4. The maximum absolute atomic E-state index is 13.0. The number of nitrogens with one attached hydrogen (secondary N) is 3. The lowest BCUT2D eigenvalue weighted by atomic mass is 9.98. The molecule has 0 aliphatic heterocycles. The smallest absolute Gasteiger partial charge is 0.320 e. The van der Waals surface area contributed by atoms with Gasteiger partial charge in [-0.15, -0.1) is 10.2 Å². The van der Waals surface area contributed by atoms with Crippen LogP contribution in [0.15, 0.2) is 48.5 Å². The lowest BCUT2D eigenvalue weighted by molar-refractivity contribution is -0.119. The molecule has 174 valence electrons. The summed E-state index contributed by atoms with van der Waals surface area (Å²) < 4.78 is 10.5. The van der Waals surface area contributed by atoms with Crippen molar-refractivity contribution in [2.45, 2.75) is 26.3 Å². The number of carbonyl (C=O) groups is 2. The van der Waals surface area contributed by atoms with Crippen LogP contribution in [-0.2, 0) is 4.79 Å². The third-order valence-electron chi connectivity index (χ3n) is 5.11. The topological polar surface area (TPSA) is 114 Å². The zero-order valence-corrected chi connectivity index (χ0v) is 19.7. The zero-order valence-electron chi connectivity index (χ0n) is 18.9. The van der Waals surface area contributed by atoms with Crippen LogP contribution in [0.1, 0.15) is 20.3 Å². The molecule has 0 saturated carbocycles. The number of hydrogen-bond donors (Lipinski definition) is 3. The third kappa shape index (κ3) is 6.19. The molecule has 2 atom stereocenters. The number of hydrogen-bond acceptors (Lipinski definition) is 7. The Kier molecular flexibility index (Phi) is 8.20. The van der Waals surface area contributed by atoms with Gasteiger partial charge >= 0.3 is 6.03 Å². The molecule has 3 amide bonds. The highest BCUT2D eigenvalue weighted by molar-refractivity contribution is 7.18. The van der Waals surface area contributed by atoms with Crippen molar-refractivity contribution in [3.8, 4) is 22.1 Å². The molecule has 0 radical (unpaired) electrons. The summed E-state index contributed by atoms with van der Waals surface area (Å²) >= 11 is 1.27. The fourth-order valence-corrected chi connectivity index (χ4v) is 3.81. The summed E-state index contributed by atoms with van der Waals surface area (Å²) in [4.78, 5) is 25.7. The minimum Gasteiger partial charge on any atom is -0.497 e. The molecular weight excluding hydrogens is 442 g/mol. The van der Waals surface area contributed by atoms with E-state index in [4.69, 9.17) is 9.47 Å². The van der Waals surface area contributed by atoms with Crippen LogP contribution in [0, 0.1) is 5.92 Å². The second-order valence-electron chi connectivity index (χ2n) is 7.30. The van der Waals surface area contributed by atoms with Crippen molar-refractivity contribution in [2.75, 3.05) is 24.9 Å². The average molecular weight is 470 g/mol. The first-order valence-corrected chi connectivity index (χ1v) is 11.3. The van der Waals surface area contributed by atoms with Crippen molar-refractivity contribution in [1.29, 1.82) is 0 Å². The van der Waals surface area contributed by atoms with Gasteiger partial charge in [-0.1, -0.05) is 61.9 Å². The Hall–Kier alpha value is -3.66. The maximum Gasteiger partial charge on any atom is 0.320 e. The van der Waals surface area contributed by atoms with Gasteiger partial charge in [0.15, 0.2) is 0 Å². The molecule has 0 spiro atoms. The predicted molar refractivity (Wildman–Crippen MR) is 129 cm³/mol. The lowest BCUT2D eigenvalue weighted by Crippen LogP contribution is -2.49. The van der Waals surface area contributed by atoms with Crippen LogP contribution in [0.3, 0.4) is 0 Å². The summed E-state index contributed by atoms with van der Waals surface area (Å²) in [6, 6.07) is 13.3. The van der Waals surface area contributed by atoms with Crippen LogP contribution in [0.2, 0.25) is 0 Å². The van der Waals surface area contributed by atoms with Crippen LogP contribution >= 0.6 is 11.3 Å². The Morgan fingerprint density at radius 1 is 1.03 bits per heavy atom. The van der Waals surface area contributed by atoms with E-state index in [1.165, 1.54) is 18.4 Å². The number of amides is 3. The number of methoxy groups -OCH3 is 2. The Morgan fingerprint density at radius 2 is 1.79 bits per heavy atom. The highest BCUT2D eigenvalue weighted by Crippen LogP contribution is 2.29. The maximum atomic E-state index is 13.0. The van der Waals surface area contributed by atoms with E-state index < -0.39 is 12.1 Å². The lowest BCUT2D eigenvalue weighted by Gasteiger charge is -2.23. The number of benzene rings is 2. The molecule has 0 aliphatic rings. The second kappa shape index (κ2) is 11.3. The molecule has 3 N–H and O–H groups in total. The Morgan fingerprint density at radius 3 is 2.45 bits per heavy atom. The van der Waals surface area contributed by atoms with E-state index in [0.717, 1.165) is 5.56 Å². The largest absolute Gasteiger partial charge is 0.497 e. The number of anilines is 2. The second-order valence-corrected chi connectivity index (χ2v) is 8.27. The van der Waals surface area contributed by atoms with Gasteiger partial charge in [0.05, 0.1) is 19.9 Å². The molecule has 10 heteroatoms. The monoisotopic (exact) mass is 469 g/mol. The highest BCUT2D eigenvalue weighted by Gasteiger charge is 2.27. The Bertz CT molecular complexity index is 1090. The van der Waals surface area contributed by atoms with E-state index in [-0.39, 0.29) is 11.8 Å². The van der Waals surface area contributed by atoms with Gasteiger partial charge in [-0.2, -0.15) is 0 Å². The number of rotatable bonds is 9. The van der Waals surface area contributed by atoms with Crippen molar-refractivity contribution in [3.63, 3.8) is 0 Å². The van der Waals surface area contributed by atoms with E-state index >= 15 is 0 Å². The fourth-order valence-electron chi connectivity index (χ4n) is 3.06. The van der Waals surface area contributed by atoms with Gasteiger partial charge in [0.1, 0.15) is 22.5 Å². The zero-order chi connectivity index (χ0) is 23.8. The molecule has 3 aromatic rings. The molecule has 0 saturated heterocycles. The highest BCUT2D eigenvalue weighted by atomic mass is 32.1. The van der Waals surface area contributed by atoms with Gasteiger partial charge in [-0.05, 0) is 18.1 Å². The molecule has 3 rings (SSSR count). The summed E-state index contributed by atoms with van der Waals surface area (Å²) in [7, 11) is 3.05. The van der Waals surface area contributed by atoms with Crippen molar-refractivity contribution in [1.82, 2.24) is 15.5 Å². The molecule has 9 nitrogen and oxygen atoms in total. The summed E-state index contributed by atoms with van der Waals surface area (Å²) in [6.45, 7) is 3.85. The standard InChI is InChI=1S/C23H27N5O4S/c1-5-14(2)19(25-22(30)24-17-12-11-16(31-3)13-18(17)32-4)20(29)26-23-28-27-21(33-23)15-9-7-6-8-10-15/h6-14,19H,5H2,1-4H3,(H2,24,25,30)(H,26,28,29). The SMILES string of the molecule is CCC(C)C(NC(=O)Nc1ccc(OC)cc1OC)C(=O)Nc1nnc(-c2ccccc2)s1. The van der Waals surface area contributed by atoms with Gasteiger partial charge in [0.25, 0.3) is 0 Å². The molecule has 2 aromatic carbocycles. The van der Waals surface area contributed by atoms with Gasteiger partial charge < -0.3 is 20.1 Å². The average Bonchev–Trinajstić information content (AvgIpc) is 3.31. The first-order valence-electron chi connectivity index (χ1n) is 10.4.